The molecule has 1 aliphatic rings. The molecule has 0 spiro atoms. The predicted octanol–water partition coefficient (Wildman–Crippen LogP) is 4.33. The second-order valence-electron chi connectivity index (χ2n) is 6.24. The van der Waals surface area contributed by atoms with Crippen molar-refractivity contribution in [2.75, 3.05) is 6.61 Å². The molecule has 0 aliphatic carbocycles. The van der Waals surface area contributed by atoms with Crippen LogP contribution >= 0.6 is 0 Å². The fourth-order valence-electron chi connectivity index (χ4n) is 2.74. The predicted molar refractivity (Wildman–Crippen MR) is 96.8 cm³/mol. The highest BCUT2D eigenvalue weighted by Crippen LogP contribution is 2.30. The van der Waals surface area contributed by atoms with Crippen LogP contribution in [0, 0.1) is 0 Å². The van der Waals surface area contributed by atoms with Gasteiger partial charge in [0.15, 0.2) is 0 Å². The van der Waals surface area contributed by atoms with E-state index >= 15 is 0 Å². The van der Waals surface area contributed by atoms with Crippen molar-refractivity contribution >= 4 is 11.9 Å². The summed E-state index contributed by atoms with van der Waals surface area (Å²) in [5.74, 6) is 0.906. The zero-order valence-corrected chi connectivity index (χ0v) is 14.8. The average molecular weight is 354 g/mol. The Balaban J connectivity index is 1.53. The van der Waals surface area contributed by atoms with Crippen molar-refractivity contribution in [1.82, 2.24) is 0 Å². The van der Waals surface area contributed by atoms with Gasteiger partial charge in [0.25, 0.3) is 0 Å². The van der Waals surface area contributed by atoms with Crippen LogP contribution in [-0.2, 0) is 11.2 Å². The number of carbonyl (C=O) groups excluding carboxylic acids is 2. The molecule has 0 unspecified atom stereocenters. The summed E-state index contributed by atoms with van der Waals surface area (Å²) in [7, 11) is 0. The number of rotatable bonds is 8. The van der Waals surface area contributed by atoms with E-state index in [-0.39, 0.29) is 12.4 Å². The van der Waals surface area contributed by atoms with Gasteiger partial charge in [-0.05, 0) is 48.9 Å². The van der Waals surface area contributed by atoms with Crippen molar-refractivity contribution in [3.05, 3.63) is 53.6 Å². The Hall–Kier alpha value is -2.82. The lowest BCUT2D eigenvalue weighted by atomic mass is 10.1. The van der Waals surface area contributed by atoms with Crippen LogP contribution in [0.1, 0.15) is 48.5 Å². The van der Waals surface area contributed by atoms with Gasteiger partial charge in [-0.2, -0.15) is 0 Å². The van der Waals surface area contributed by atoms with Crippen LogP contribution in [-0.4, -0.2) is 18.5 Å². The van der Waals surface area contributed by atoms with Gasteiger partial charge in [-0.3, -0.25) is 4.79 Å². The molecule has 5 heteroatoms. The number of hydrogen-bond acceptors (Lipinski definition) is 5. The van der Waals surface area contributed by atoms with Gasteiger partial charge >= 0.3 is 11.9 Å². The Bertz CT molecular complexity index is 779. The Morgan fingerprint density at radius 2 is 1.81 bits per heavy atom. The van der Waals surface area contributed by atoms with Crippen LogP contribution in [0.3, 0.4) is 0 Å². The lowest BCUT2D eigenvalue weighted by Crippen LogP contribution is -2.08. The molecular formula is C21H22O5. The number of carbonyl (C=O) groups is 2. The molecular weight excluding hydrogens is 332 g/mol. The molecule has 2 aromatic rings. The topological polar surface area (TPSA) is 61.8 Å². The molecule has 0 saturated carbocycles. The Morgan fingerprint density at radius 1 is 1.04 bits per heavy atom. The normalized spacial score (nSPS) is 12.4. The summed E-state index contributed by atoms with van der Waals surface area (Å²) in [6.07, 6.45) is 4.81. The second kappa shape index (κ2) is 8.52. The number of esters is 2. The molecule has 0 radical (unpaired) electrons. The number of unbranched alkanes of at least 4 members (excludes halogenated alkanes) is 3. The summed E-state index contributed by atoms with van der Waals surface area (Å²) in [6.45, 7) is 2.86. The van der Waals surface area contributed by atoms with E-state index in [1.165, 1.54) is 19.3 Å². The van der Waals surface area contributed by atoms with E-state index in [0.717, 1.165) is 17.7 Å². The van der Waals surface area contributed by atoms with Crippen LogP contribution in [0.4, 0.5) is 0 Å². The highest BCUT2D eigenvalue weighted by atomic mass is 16.5. The van der Waals surface area contributed by atoms with Crippen molar-refractivity contribution in [3.8, 4) is 17.2 Å². The first kappa shape index (κ1) is 18.0. The van der Waals surface area contributed by atoms with Gasteiger partial charge in [0.1, 0.15) is 17.2 Å². The van der Waals surface area contributed by atoms with Crippen molar-refractivity contribution in [3.63, 3.8) is 0 Å². The summed E-state index contributed by atoms with van der Waals surface area (Å²) in [5, 5.41) is 0. The number of ether oxygens (including phenoxy) is 3. The molecule has 0 N–H and O–H groups in total. The molecule has 0 saturated heterocycles. The molecule has 0 aromatic heterocycles. The third-order valence-corrected chi connectivity index (χ3v) is 4.16. The lowest BCUT2D eigenvalue weighted by Gasteiger charge is -2.08. The molecule has 0 atom stereocenters. The third kappa shape index (κ3) is 4.63. The quantitative estimate of drug-likeness (QED) is 0.401. The van der Waals surface area contributed by atoms with Gasteiger partial charge in [-0.25, -0.2) is 4.79 Å². The molecule has 1 aliphatic heterocycles. The molecule has 1 heterocycles. The maximum absolute atomic E-state index is 12.3. The minimum absolute atomic E-state index is 0.199. The van der Waals surface area contributed by atoms with Crippen LogP contribution < -0.4 is 14.2 Å². The smallest absolute Gasteiger partial charge is 0.343 e. The molecule has 3 rings (SSSR count). The van der Waals surface area contributed by atoms with E-state index in [9.17, 15) is 9.59 Å². The molecule has 2 aromatic carbocycles. The summed E-state index contributed by atoms with van der Waals surface area (Å²) in [6, 6.07) is 11.8. The van der Waals surface area contributed by atoms with Crippen molar-refractivity contribution < 1.29 is 23.8 Å². The summed E-state index contributed by atoms with van der Waals surface area (Å²) in [4.78, 5) is 23.5. The largest absolute Gasteiger partial charge is 0.494 e. The first-order valence-electron chi connectivity index (χ1n) is 8.94. The Kier molecular flexibility index (Phi) is 5.89. The average Bonchev–Trinajstić information content (AvgIpc) is 3.01. The fourth-order valence-corrected chi connectivity index (χ4v) is 2.74. The number of fused-ring (bicyclic) bond motifs is 1. The van der Waals surface area contributed by atoms with E-state index in [0.29, 0.717) is 23.7 Å². The number of hydrogen-bond donors (Lipinski definition) is 0. The minimum Gasteiger partial charge on any atom is -0.494 e. The van der Waals surface area contributed by atoms with Gasteiger partial charge in [0.2, 0.25) is 0 Å². The fraction of sp³-hybridized carbons (Fsp3) is 0.333. The standard InChI is InChI=1S/C21H22O5/c1-2-3-4-5-12-24-17-8-6-15(7-9-17)21(23)25-18-10-11-19-16(13-18)14-20(22)26-19/h6-11,13H,2-5,12,14H2,1H3. The highest BCUT2D eigenvalue weighted by molar-refractivity contribution is 5.91. The van der Waals surface area contributed by atoms with Crippen molar-refractivity contribution in [2.24, 2.45) is 0 Å². The zero-order valence-electron chi connectivity index (χ0n) is 14.8. The van der Waals surface area contributed by atoms with Crippen LogP contribution in [0.5, 0.6) is 17.2 Å². The van der Waals surface area contributed by atoms with Gasteiger partial charge in [0, 0.05) is 5.56 Å². The SMILES string of the molecule is CCCCCCOc1ccc(C(=O)Oc2ccc3c(c2)CC(=O)O3)cc1. The Morgan fingerprint density at radius 3 is 2.58 bits per heavy atom. The van der Waals surface area contributed by atoms with Crippen LogP contribution in [0.15, 0.2) is 42.5 Å². The van der Waals surface area contributed by atoms with Gasteiger partial charge in [-0.15, -0.1) is 0 Å². The summed E-state index contributed by atoms with van der Waals surface area (Å²) < 4.78 is 16.1. The highest BCUT2D eigenvalue weighted by Gasteiger charge is 2.21. The van der Waals surface area contributed by atoms with E-state index in [1.807, 2.05) is 0 Å². The monoisotopic (exact) mass is 354 g/mol. The Labute approximate surface area is 152 Å². The molecule has 0 bridgehead atoms. The zero-order chi connectivity index (χ0) is 18.4. The minimum atomic E-state index is -0.454. The molecule has 0 fully saturated rings. The molecule has 0 amide bonds. The number of benzene rings is 2. The molecule has 26 heavy (non-hydrogen) atoms. The lowest BCUT2D eigenvalue weighted by molar-refractivity contribution is -0.131. The van der Waals surface area contributed by atoms with Crippen molar-refractivity contribution in [2.45, 2.75) is 39.0 Å². The van der Waals surface area contributed by atoms with Gasteiger partial charge < -0.3 is 14.2 Å². The van der Waals surface area contributed by atoms with Crippen LogP contribution in [0.25, 0.3) is 0 Å². The third-order valence-electron chi connectivity index (χ3n) is 4.16. The first-order valence-corrected chi connectivity index (χ1v) is 8.94. The second-order valence-corrected chi connectivity index (χ2v) is 6.24. The van der Waals surface area contributed by atoms with Gasteiger partial charge in [-0.1, -0.05) is 26.2 Å². The summed E-state index contributed by atoms with van der Waals surface area (Å²) in [5.41, 5.74) is 1.17. The van der Waals surface area contributed by atoms with E-state index in [2.05, 4.69) is 6.92 Å². The maximum atomic E-state index is 12.3. The van der Waals surface area contributed by atoms with E-state index < -0.39 is 5.97 Å². The maximum Gasteiger partial charge on any atom is 0.343 e. The van der Waals surface area contributed by atoms with Gasteiger partial charge in [0.05, 0.1) is 18.6 Å². The van der Waals surface area contributed by atoms with E-state index in [1.54, 1.807) is 42.5 Å². The summed E-state index contributed by atoms with van der Waals surface area (Å²) >= 11 is 0. The van der Waals surface area contributed by atoms with E-state index in [4.69, 9.17) is 14.2 Å². The molecule has 136 valence electrons. The first-order chi connectivity index (χ1) is 12.7. The van der Waals surface area contributed by atoms with Crippen molar-refractivity contribution in [1.29, 1.82) is 0 Å². The van der Waals surface area contributed by atoms with Crippen LogP contribution in [0.2, 0.25) is 0 Å². The molecule has 5 nitrogen and oxygen atoms in total.